The Morgan fingerprint density at radius 2 is 2.04 bits per heavy atom. The second-order valence-electron chi connectivity index (χ2n) is 7.22. The number of rotatable bonds is 2. The Morgan fingerprint density at radius 3 is 2.60 bits per heavy atom. The van der Waals surface area contributed by atoms with Crippen molar-refractivity contribution < 1.29 is 29.6 Å². The number of piperidine rings is 1. The number of aromatic hydroxyl groups is 1. The molecule has 7 nitrogen and oxygen atoms in total. The van der Waals surface area contributed by atoms with E-state index in [1.165, 1.54) is 13.2 Å². The third-order valence-electron chi connectivity index (χ3n) is 5.33. The van der Waals surface area contributed by atoms with Crippen LogP contribution in [0.25, 0.3) is 0 Å². The van der Waals surface area contributed by atoms with Gasteiger partial charge in [-0.05, 0) is 38.0 Å². The summed E-state index contributed by atoms with van der Waals surface area (Å²) in [5.74, 6) is 0.100. The molecule has 0 radical (unpaired) electrons. The summed E-state index contributed by atoms with van der Waals surface area (Å²) in [7, 11) is 1.46. The van der Waals surface area contributed by atoms with Crippen LogP contribution >= 0.6 is 0 Å². The van der Waals surface area contributed by atoms with Crippen molar-refractivity contribution in [2.24, 2.45) is 0 Å². The van der Waals surface area contributed by atoms with Crippen molar-refractivity contribution in [3.63, 3.8) is 0 Å². The number of methoxy groups -OCH3 is 1. The Labute approximate surface area is 146 Å². The van der Waals surface area contributed by atoms with Crippen LogP contribution in [0, 0.1) is 0 Å². The number of carbonyl (C=O) groups is 1. The number of carbonyl (C=O) groups excluding carboxylic acids is 1. The lowest BCUT2D eigenvalue weighted by atomic mass is 9.76. The molecule has 0 unspecified atom stereocenters. The molecule has 1 amide bonds. The summed E-state index contributed by atoms with van der Waals surface area (Å²) < 4.78 is 10.8. The van der Waals surface area contributed by atoms with E-state index in [-0.39, 0.29) is 18.3 Å². The number of hydrogen-bond donors (Lipinski definition) is 3. The van der Waals surface area contributed by atoms with Gasteiger partial charge in [0.25, 0.3) is 5.91 Å². The number of aliphatic hydroxyl groups is 2. The zero-order valence-corrected chi connectivity index (χ0v) is 14.6. The Hall–Kier alpha value is -1.83. The number of phenolic OH excluding ortho intramolecular Hbond substituents is 1. The van der Waals surface area contributed by atoms with Gasteiger partial charge in [-0.25, -0.2) is 0 Å². The van der Waals surface area contributed by atoms with Gasteiger partial charge in [0.05, 0.1) is 24.9 Å². The normalized spacial score (nSPS) is 28.8. The molecule has 2 aliphatic heterocycles. The van der Waals surface area contributed by atoms with Crippen molar-refractivity contribution in [2.45, 2.75) is 43.5 Å². The van der Waals surface area contributed by atoms with E-state index in [1.54, 1.807) is 24.0 Å². The molecule has 7 heteroatoms. The van der Waals surface area contributed by atoms with Gasteiger partial charge in [-0.1, -0.05) is 0 Å². The molecular formula is C18H25NO6. The molecule has 0 aliphatic carbocycles. The molecule has 3 rings (SSSR count). The molecule has 1 spiro atoms. The van der Waals surface area contributed by atoms with Crippen LogP contribution in [-0.4, -0.2) is 70.2 Å². The summed E-state index contributed by atoms with van der Waals surface area (Å²) in [4.78, 5) is 14.4. The molecule has 1 aromatic rings. The van der Waals surface area contributed by atoms with Gasteiger partial charge < -0.3 is 29.7 Å². The first-order chi connectivity index (χ1) is 11.8. The quantitative estimate of drug-likeness (QED) is 0.732. The fourth-order valence-electron chi connectivity index (χ4n) is 3.70. The molecule has 2 saturated heterocycles. The van der Waals surface area contributed by atoms with E-state index in [4.69, 9.17) is 9.47 Å². The van der Waals surface area contributed by atoms with Crippen LogP contribution in [0.2, 0.25) is 0 Å². The Balaban J connectivity index is 1.66. The van der Waals surface area contributed by atoms with Crippen LogP contribution in [0.1, 0.15) is 36.5 Å². The highest BCUT2D eigenvalue weighted by Gasteiger charge is 2.49. The van der Waals surface area contributed by atoms with Crippen molar-refractivity contribution in [3.8, 4) is 11.5 Å². The van der Waals surface area contributed by atoms with Crippen LogP contribution in [0.5, 0.6) is 11.5 Å². The zero-order chi connectivity index (χ0) is 18.2. The van der Waals surface area contributed by atoms with Gasteiger partial charge in [0.15, 0.2) is 11.5 Å². The summed E-state index contributed by atoms with van der Waals surface area (Å²) in [5, 5.41) is 30.0. The first-order valence-electron chi connectivity index (χ1n) is 8.47. The minimum Gasteiger partial charge on any atom is -0.504 e. The lowest BCUT2D eigenvalue weighted by Crippen LogP contribution is -2.59. The SMILES string of the molecule is COc1ccc(C(=O)N2CCC3(CC2)C[C@](C)(O)[C@@H](O)CO3)cc1O. The van der Waals surface area contributed by atoms with Gasteiger partial charge in [-0.3, -0.25) is 4.79 Å². The van der Waals surface area contributed by atoms with Gasteiger partial charge >= 0.3 is 0 Å². The average molecular weight is 351 g/mol. The number of ether oxygens (including phenoxy) is 2. The highest BCUT2D eigenvalue weighted by molar-refractivity contribution is 5.95. The van der Waals surface area contributed by atoms with E-state index in [0.29, 0.717) is 43.7 Å². The average Bonchev–Trinajstić information content (AvgIpc) is 2.58. The Kier molecular flexibility index (Phi) is 4.66. The van der Waals surface area contributed by atoms with Gasteiger partial charge in [-0.2, -0.15) is 0 Å². The minimum atomic E-state index is -1.17. The smallest absolute Gasteiger partial charge is 0.253 e. The summed E-state index contributed by atoms with van der Waals surface area (Å²) in [6.45, 7) is 2.72. The molecule has 0 aromatic heterocycles. The van der Waals surface area contributed by atoms with Crippen molar-refractivity contribution in [3.05, 3.63) is 23.8 Å². The molecule has 0 bridgehead atoms. The van der Waals surface area contributed by atoms with Gasteiger partial charge in [-0.15, -0.1) is 0 Å². The van der Waals surface area contributed by atoms with Gasteiger partial charge in [0.2, 0.25) is 0 Å². The molecule has 25 heavy (non-hydrogen) atoms. The van der Waals surface area contributed by atoms with E-state index in [2.05, 4.69) is 0 Å². The fraction of sp³-hybridized carbons (Fsp3) is 0.611. The molecule has 0 saturated carbocycles. The summed E-state index contributed by atoms with van der Waals surface area (Å²) in [6.07, 6.45) is 0.667. The lowest BCUT2D eigenvalue weighted by molar-refractivity contribution is -0.221. The topological polar surface area (TPSA) is 99.5 Å². The van der Waals surface area contributed by atoms with Gasteiger partial charge in [0, 0.05) is 25.1 Å². The highest BCUT2D eigenvalue weighted by atomic mass is 16.5. The first kappa shape index (κ1) is 18.0. The molecule has 2 atom stereocenters. The van der Waals surface area contributed by atoms with E-state index in [1.807, 2.05) is 0 Å². The number of phenols is 1. The lowest BCUT2D eigenvalue weighted by Gasteiger charge is -2.49. The van der Waals surface area contributed by atoms with Crippen LogP contribution in [0.15, 0.2) is 18.2 Å². The number of hydrogen-bond acceptors (Lipinski definition) is 6. The van der Waals surface area contributed by atoms with Crippen LogP contribution in [-0.2, 0) is 4.74 Å². The van der Waals surface area contributed by atoms with E-state index in [0.717, 1.165) is 0 Å². The predicted molar refractivity (Wildman–Crippen MR) is 89.7 cm³/mol. The summed E-state index contributed by atoms with van der Waals surface area (Å²) >= 11 is 0. The number of benzene rings is 1. The van der Waals surface area contributed by atoms with Crippen LogP contribution in [0.3, 0.4) is 0 Å². The van der Waals surface area contributed by atoms with Crippen molar-refractivity contribution >= 4 is 5.91 Å². The molecule has 2 fully saturated rings. The molecular weight excluding hydrogens is 326 g/mol. The fourth-order valence-corrected chi connectivity index (χ4v) is 3.70. The Bertz CT molecular complexity index is 651. The standard InChI is InChI=1S/C18H25NO6/c1-17(23)11-18(25-10-15(17)21)5-7-19(8-6-18)16(22)12-3-4-14(24-2)13(20)9-12/h3-4,9,15,20-21,23H,5-8,10-11H2,1-2H3/t15-,17-/m0/s1. The summed E-state index contributed by atoms with van der Waals surface area (Å²) in [6, 6.07) is 4.60. The molecule has 2 aliphatic rings. The first-order valence-corrected chi connectivity index (χ1v) is 8.47. The number of amides is 1. The third-order valence-corrected chi connectivity index (χ3v) is 5.33. The van der Waals surface area contributed by atoms with E-state index in [9.17, 15) is 20.1 Å². The maximum absolute atomic E-state index is 12.6. The second-order valence-corrected chi connectivity index (χ2v) is 7.22. The largest absolute Gasteiger partial charge is 0.504 e. The van der Waals surface area contributed by atoms with Crippen molar-refractivity contribution in [1.29, 1.82) is 0 Å². The highest BCUT2D eigenvalue weighted by Crippen LogP contribution is 2.40. The van der Waals surface area contributed by atoms with Crippen molar-refractivity contribution in [2.75, 3.05) is 26.8 Å². The summed E-state index contributed by atoms with van der Waals surface area (Å²) in [5.41, 5.74) is -1.27. The van der Waals surface area contributed by atoms with E-state index < -0.39 is 17.3 Å². The zero-order valence-electron chi connectivity index (χ0n) is 14.6. The maximum Gasteiger partial charge on any atom is 0.253 e. The number of nitrogens with zero attached hydrogens (tertiary/aromatic N) is 1. The molecule has 1 aromatic carbocycles. The molecule has 2 heterocycles. The monoisotopic (exact) mass is 351 g/mol. The van der Waals surface area contributed by atoms with Crippen LogP contribution < -0.4 is 4.74 Å². The Morgan fingerprint density at radius 1 is 1.36 bits per heavy atom. The van der Waals surface area contributed by atoms with Crippen LogP contribution in [0.4, 0.5) is 0 Å². The maximum atomic E-state index is 12.6. The van der Waals surface area contributed by atoms with Crippen molar-refractivity contribution in [1.82, 2.24) is 4.90 Å². The predicted octanol–water partition coefficient (Wildman–Crippen LogP) is 0.908. The van der Waals surface area contributed by atoms with E-state index >= 15 is 0 Å². The van der Waals surface area contributed by atoms with Gasteiger partial charge in [0.1, 0.15) is 6.10 Å². The molecule has 3 N–H and O–H groups in total. The second kappa shape index (κ2) is 6.48. The number of likely N-dealkylation sites (tertiary alicyclic amines) is 1. The minimum absolute atomic E-state index is 0.0671. The molecule has 138 valence electrons. The number of aliphatic hydroxyl groups excluding tert-OH is 1. The third kappa shape index (κ3) is 3.44.